The summed E-state index contributed by atoms with van der Waals surface area (Å²) in [6.07, 6.45) is 2.60. The summed E-state index contributed by atoms with van der Waals surface area (Å²) < 4.78 is 6.95. The van der Waals surface area contributed by atoms with Gasteiger partial charge in [0, 0.05) is 10.5 Å². The lowest BCUT2D eigenvalue weighted by atomic mass is 10.2. The Morgan fingerprint density at radius 2 is 2.35 bits per heavy atom. The van der Waals surface area contributed by atoms with Gasteiger partial charge in [-0.15, -0.1) is 0 Å². The first kappa shape index (κ1) is 13.1. The molecule has 2 rings (SSSR count). The number of hydrogen-bond donors (Lipinski definition) is 0. The van der Waals surface area contributed by atoms with Gasteiger partial charge in [0.2, 0.25) is 0 Å². The molecule has 1 heterocycles. The standard InChI is InChI=1S/C14H20BrNO/c1-2-16-8-4-7-14(16)11-17-10-12-5-3-6-13(15)9-12/h3,5-6,9,14H,2,4,7-8,10-11H2,1H3/t14-/m1/s1. The van der Waals surface area contributed by atoms with Gasteiger partial charge < -0.3 is 4.74 Å². The van der Waals surface area contributed by atoms with Crippen LogP contribution in [-0.4, -0.2) is 30.6 Å². The third-order valence-electron chi connectivity index (χ3n) is 3.37. The van der Waals surface area contributed by atoms with Gasteiger partial charge in [-0.25, -0.2) is 0 Å². The van der Waals surface area contributed by atoms with Crippen molar-refractivity contribution in [1.82, 2.24) is 4.90 Å². The number of likely N-dealkylation sites (N-methyl/N-ethyl adjacent to an activating group) is 1. The highest BCUT2D eigenvalue weighted by molar-refractivity contribution is 9.10. The van der Waals surface area contributed by atoms with Crippen LogP contribution in [0.5, 0.6) is 0 Å². The summed E-state index contributed by atoms with van der Waals surface area (Å²) in [5, 5.41) is 0. The molecule has 0 aliphatic carbocycles. The zero-order valence-electron chi connectivity index (χ0n) is 10.4. The molecule has 0 bridgehead atoms. The maximum absolute atomic E-state index is 5.83. The molecular formula is C14H20BrNO. The minimum absolute atomic E-state index is 0.632. The van der Waals surface area contributed by atoms with Crippen molar-refractivity contribution in [2.24, 2.45) is 0 Å². The van der Waals surface area contributed by atoms with E-state index < -0.39 is 0 Å². The summed E-state index contributed by atoms with van der Waals surface area (Å²) >= 11 is 3.48. The molecule has 1 aliphatic heterocycles. The summed E-state index contributed by atoms with van der Waals surface area (Å²) in [7, 11) is 0. The van der Waals surface area contributed by atoms with Gasteiger partial charge in [0.25, 0.3) is 0 Å². The van der Waals surface area contributed by atoms with E-state index in [0.29, 0.717) is 12.6 Å². The maximum Gasteiger partial charge on any atom is 0.0718 e. The fourth-order valence-electron chi connectivity index (χ4n) is 2.44. The van der Waals surface area contributed by atoms with Crippen LogP contribution in [0.1, 0.15) is 25.3 Å². The van der Waals surface area contributed by atoms with E-state index in [1.165, 1.54) is 24.9 Å². The van der Waals surface area contributed by atoms with Crippen molar-refractivity contribution in [2.75, 3.05) is 19.7 Å². The molecule has 1 aromatic carbocycles. The summed E-state index contributed by atoms with van der Waals surface area (Å²) in [6, 6.07) is 8.95. The number of halogens is 1. The highest BCUT2D eigenvalue weighted by Crippen LogP contribution is 2.18. The van der Waals surface area contributed by atoms with Crippen LogP contribution in [0.3, 0.4) is 0 Å². The van der Waals surface area contributed by atoms with Crippen LogP contribution in [0.4, 0.5) is 0 Å². The van der Waals surface area contributed by atoms with Crippen molar-refractivity contribution in [2.45, 2.75) is 32.4 Å². The minimum atomic E-state index is 0.632. The van der Waals surface area contributed by atoms with Crippen LogP contribution >= 0.6 is 15.9 Å². The van der Waals surface area contributed by atoms with E-state index in [1.807, 2.05) is 6.07 Å². The van der Waals surface area contributed by atoms with Gasteiger partial charge in [0.15, 0.2) is 0 Å². The molecule has 0 saturated carbocycles. The largest absolute Gasteiger partial charge is 0.375 e. The Kier molecular flexibility index (Phi) is 5.01. The Morgan fingerprint density at radius 1 is 1.47 bits per heavy atom. The van der Waals surface area contributed by atoms with E-state index >= 15 is 0 Å². The molecule has 1 fully saturated rings. The summed E-state index contributed by atoms with van der Waals surface area (Å²) in [5.41, 5.74) is 1.24. The third kappa shape index (κ3) is 3.80. The lowest BCUT2D eigenvalue weighted by Crippen LogP contribution is -2.32. The molecule has 1 aromatic rings. The Balaban J connectivity index is 1.76. The monoisotopic (exact) mass is 297 g/mol. The number of likely N-dealkylation sites (tertiary alicyclic amines) is 1. The molecule has 3 heteroatoms. The van der Waals surface area contributed by atoms with Gasteiger partial charge in [0.1, 0.15) is 0 Å². The van der Waals surface area contributed by atoms with Gasteiger partial charge in [-0.1, -0.05) is 35.0 Å². The average Bonchev–Trinajstić information content (AvgIpc) is 2.77. The van der Waals surface area contributed by atoms with E-state index in [0.717, 1.165) is 17.6 Å². The van der Waals surface area contributed by atoms with E-state index in [9.17, 15) is 0 Å². The fraction of sp³-hybridized carbons (Fsp3) is 0.571. The van der Waals surface area contributed by atoms with Crippen molar-refractivity contribution in [3.63, 3.8) is 0 Å². The summed E-state index contributed by atoms with van der Waals surface area (Å²) in [6.45, 7) is 6.19. The Labute approximate surface area is 112 Å². The van der Waals surface area contributed by atoms with Gasteiger partial charge >= 0.3 is 0 Å². The Hall–Kier alpha value is -0.380. The van der Waals surface area contributed by atoms with Crippen molar-refractivity contribution >= 4 is 15.9 Å². The first-order valence-corrected chi connectivity index (χ1v) is 7.15. The normalized spacial score (nSPS) is 20.9. The second kappa shape index (κ2) is 6.53. The van der Waals surface area contributed by atoms with Gasteiger partial charge in [-0.2, -0.15) is 0 Å². The number of ether oxygens (including phenoxy) is 1. The molecule has 0 radical (unpaired) electrons. The molecule has 0 aromatic heterocycles. The predicted octanol–water partition coefficient (Wildman–Crippen LogP) is 3.45. The second-order valence-electron chi connectivity index (χ2n) is 4.57. The maximum atomic E-state index is 5.83. The van der Waals surface area contributed by atoms with Crippen LogP contribution < -0.4 is 0 Å². The van der Waals surface area contributed by atoms with Gasteiger partial charge in [0.05, 0.1) is 13.2 Å². The first-order chi connectivity index (χ1) is 8.29. The van der Waals surface area contributed by atoms with E-state index in [4.69, 9.17) is 4.74 Å². The Morgan fingerprint density at radius 3 is 3.12 bits per heavy atom. The van der Waals surface area contributed by atoms with Crippen LogP contribution in [0.2, 0.25) is 0 Å². The van der Waals surface area contributed by atoms with Crippen LogP contribution in [0.15, 0.2) is 28.7 Å². The van der Waals surface area contributed by atoms with Crippen LogP contribution in [0.25, 0.3) is 0 Å². The quantitative estimate of drug-likeness (QED) is 0.825. The molecule has 0 amide bonds. The second-order valence-corrected chi connectivity index (χ2v) is 5.49. The van der Waals surface area contributed by atoms with Gasteiger partial charge in [-0.05, 0) is 43.6 Å². The molecule has 0 N–H and O–H groups in total. The zero-order chi connectivity index (χ0) is 12.1. The lowest BCUT2D eigenvalue weighted by Gasteiger charge is -2.22. The highest BCUT2D eigenvalue weighted by Gasteiger charge is 2.22. The van der Waals surface area contributed by atoms with Crippen LogP contribution in [-0.2, 0) is 11.3 Å². The number of benzene rings is 1. The van der Waals surface area contributed by atoms with Crippen LogP contribution in [0, 0.1) is 0 Å². The molecule has 94 valence electrons. The highest BCUT2D eigenvalue weighted by atomic mass is 79.9. The topological polar surface area (TPSA) is 12.5 Å². The molecule has 0 spiro atoms. The van der Waals surface area contributed by atoms with E-state index in [-0.39, 0.29) is 0 Å². The summed E-state index contributed by atoms with van der Waals surface area (Å²) in [4.78, 5) is 2.51. The molecule has 0 unspecified atom stereocenters. The Bertz CT molecular complexity index is 356. The molecule has 1 atom stereocenters. The SMILES string of the molecule is CCN1CCC[C@@H]1COCc1cccc(Br)c1. The predicted molar refractivity (Wildman–Crippen MR) is 74.1 cm³/mol. The zero-order valence-corrected chi connectivity index (χ0v) is 11.9. The van der Waals surface area contributed by atoms with Crippen molar-refractivity contribution in [3.8, 4) is 0 Å². The first-order valence-electron chi connectivity index (χ1n) is 6.36. The van der Waals surface area contributed by atoms with Crippen molar-refractivity contribution in [1.29, 1.82) is 0 Å². The molecule has 1 saturated heterocycles. The molecule has 2 nitrogen and oxygen atoms in total. The molecular weight excluding hydrogens is 278 g/mol. The molecule has 1 aliphatic rings. The minimum Gasteiger partial charge on any atom is -0.375 e. The van der Waals surface area contributed by atoms with Crippen molar-refractivity contribution < 1.29 is 4.74 Å². The van der Waals surface area contributed by atoms with Crippen molar-refractivity contribution in [3.05, 3.63) is 34.3 Å². The van der Waals surface area contributed by atoms with E-state index in [1.54, 1.807) is 0 Å². The van der Waals surface area contributed by atoms with Gasteiger partial charge in [-0.3, -0.25) is 4.90 Å². The lowest BCUT2D eigenvalue weighted by molar-refractivity contribution is 0.0686. The molecule has 17 heavy (non-hydrogen) atoms. The van der Waals surface area contributed by atoms with E-state index in [2.05, 4.69) is 46.0 Å². The fourth-order valence-corrected chi connectivity index (χ4v) is 2.89. The number of rotatable bonds is 5. The third-order valence-corrected chi connectivity index (χ3v) is 3.87. The number of nitrogens with zero attached hydrogens (tertiary/aromatic N) is 1. The number of hydrogen-bond acceptors (Lipinski definition) is 2. The smallest absolute Gasteiger partial charge is 0.0718 e. The average molecular weight is 298 g/mol. The summed E-state index contributed by atoms with van der Waals surface area (Å²) in [5.74, 6) is 0.